The number of imidazole rings is 1. The molecule has 1 fully saturated rings. The molecule has 2 unspecified atom stereocenters. The van der Waals surface area contributed by atoms with Crippen LogP contribution < -0.4 is 4.74 Å². The first-order chi connectivity index (χ1) is 8.76. The van der Waals surface area contributed by atoms with Gasteiger partial charge in [-0.1, -0.05) is 13.0 Å². The Morgan fingerprint density at radius 1 is 1.50 bits per heavy atom. The van der Waals surface area contributed by atoms with Gasteiger partial charge in [0.15, 0.2) is 0 Å². The minimum Gasteiger partial charge on any atom is -0.494 e. The van der Waals surface area contributed by atoms with E-state index in [1.165, 1.54) is 11.9 Å². The fourth-order valence-electron chi connectivity index (χ4n) is 2.60. The van der Waals surface area contributed by atoms with Crippen LogP contribution in [0.1, 0.15) is 25.2 Å². The van der Waals surface area contributed by atoms with Gasteiger partial charge in [-0.15, -0.1) is 11.6 Å². The summed E-state index contributed by atoms with van der Waals surface area (Å²) in [5.74, 6) is 3.27. The predicted octanol–water partition coefficient (Wildman–Crippen LogP) is 3.41. The molecule has 0 radical (unpaired) electrons. The van der Waals surface area contributed by atoms with Gasteiger partial charge in [0.1, 0.15) is 17.1 Å². The van der Waals surface area contributed by atoms with Crippen molar-refractivity contribution in [3.8, 4) is 5.75 Å². The van der Waals surface area contributed by atoms with Crippen molar-refractivity contribution >= 4 is 22.6 Å². The summed E-state index contributed by atoms with van der Waals surface area (Å²) in [6.07, 6.45) is 2.04. The molecule has 1 aliphatic carbocycles. The quantitative estimate of drug-likeness (QED) is 0.792. The largest absolute Gasteiger partial charge is 0.494 e. The molecule has 3 nitrogen and oxygen atoms in total. The van der Waals surface area contributed by atoms with Gasteiger partial charge in [0.05, 0.1) is 12.6 Å². The summed E-state index contributed by atoms with van der Waals surface area (Å²) >= 11 is 5.89. The third-order valence-electron chi connectivity index (χ3n) is 3.69. The lowest BCUT2D eigenvalue weighted by Crippen LogP contribution is -2.03. The summed E-state index contributed by atoms with van der Waals surface area (Å²) in [4.78, 5) is 4.72. The molecule has 0 aliphatic heterocycles. The number of nitrogens with zero attached hydrogens (tertiary/aromatic N) is 2. The highest BCUT2D eigenvalue weighted by Gasteiger charge is 2.37. The van der Waals surface area contributed by atoms with Crippen molar-refractivity contribution in [2.75, 3.05) is 13.0 Å². The second-order valence-electron chi connectivity index (χ2n) is 4.95. The van der Waals surface area contributed by atoms with Crippen LogP contribution in [0, 0.1) is 5.92 Å². The van der Waals surface area contributed by atoms with Gasteiger partial charge in [-0.05, 0) is 24.5 Å². The topological polar surface area (TPSA) is 27.1 Å². The molecule has 0 spiro atoms. The highest BCUT2D eigenvalue weighted by molar-refractivity contribution is 6.17. The van der Waals surface area contributed by atoms with E-state index in [0.717, 1.165) is 29.4 Å². The third kappa shape index (κ3) is 1.77. The number of methoxy groups -OCH3 is 1. The van der Waals surface area contributed by atoms with Crippen LogP contribution in [-0.4, -0.2) is 22.5 Å². The monoisotopic (exact) mass is 264 g/mol. The van der Waals surface area contributed by atoms with Gasteiger partial charge < -0.3 is 9.30 Å². The molecule has 96 valence electrons. The molecule has 4 heteroatoms. The van der Waals surface area contributed by atoms with Gasteiger partial charge in [0, 0.05) is 18.3 Å². The number of para-hydroxylation sites is 1. The van der Waals surface area contributed by atoms with Crippen LogP contribution in [-0.2, 0) is 6.42 Å². The third-order valence-corrected chi connectivity index (χ3v) is 3.88. The number of alkyl halides is 1. The Hall–Kier alpha value is -1.22. The van der Waals surface area contributed by atoms with Gasteiger partial charge in [0.2, 0.25) is 0 Å². The van der Waals surface area contributed by atoms with E-state index in [-0.39, 0.29) is 0 Å². The molecule has 0 saturated heterocycles. The first-order valence-corrected chi connectivity index (χ1v) is 6.89. The number of rotatable bonds is 4. The minimum atomic E-state index is 0.584. The van der Waals surface area contributed by atoms with Crippen molar-refractivity contribution in [3.63, 3.8) is 0 Å². The van der Waals surface area contributed by atoms with E-state index in [2.05, 4.69) is 17.6 Å². The molecule has 2 aromatic rings. The fraction of sp³-hybridized carbons (Fsp3) is 0.500. The van der Waals surface area contributed by atoms with Gasteiger partial charge in [-0.25, -0.2) is 4.98 Å². The first kappa shape index (κ1) is 11.8. The number of aryl methyl sites for hydroxylation is 1. The summed E-state index contributed by atoms with van der Waals surface area (Å²) in [7, 11) is 1.69. The second kappa shape index (κ2) is 4.47. The number of fused-ring (bicyclic) bond motifs is 1. The molecule has 1 aromatic carbocycles. The fourth-order valence-corrected chi connectivity index (χ4v) is 2.77. The minimum absolute atomic E-state index is 0.584. The summed E-state index contributed by atoms with van der Waals surface area (Å²) in [6, 6.07) is 6.69. The number of halogens is 1. The molecule has 18 heavy (non-hydrogen) atoms. The maximum absolute atomic E-state index is 5.89. The molecule has 1 heterocycles. The van der Waals surface area contributed by atoms with Crippen molar-refractivity contribution < 1.29 is 4.74 Å². The van der Waals surface area contributed by atoms with Crippen molar-refractivity contribution in [1.29, 1.82) is 0 Å². The number of aromatic nitrogens is 2. The van der Waals surface area contributed by atoms with E-state index in [4.69, 9.17) is 21.3 Å². The summed E-state index contributed by atoms with van der Waals surface area (Å²) in [5.41, 5.74) is 2.13. The zero-order valence-electron chi connectivity index (χ0n) is 10.7. The Labute approximate surface area is 112 Å². The maximum Gasteiger partial charge on any atom is 0.146 e. The van der Waals surface area contributed by atoms with E-state index in [1.54, 1.807) is 7.11 Å². The number of ether oxygens (including phenoxy) is 1. The normalized spacial score (nSPS) is 22.4. The Bertz CT molecular complexity index is 578. The lowest BCUT2D eigenvalue weighted by molar-refractivity contribution is 0.419. The highest BCUT2D eigenvalue weighted by Crippen LogP contribution is 2.45. The lowest BCUT2D eigenvalue weighted by atomic mass is 10.3. The van der Waals surface area contributed by atoms with E-state index in [1.807, 2.05) is 12.1 Å². The Kier molecular flexibility index (Phi) is 2.94. The smallest absolute Gasteiger partial charge is 0.146 e. The molecule has 3 rings (SSSR count). The van der Waals surface area contributed by atoms with Crippen molar-refractivity contribution in [2.24, 2.45) is 5.92 Å². The number of benzene rings is 1. The molecular weight excluding hydrogens is 248 g/mol. The summed E-state index contributed by atoms with van der Waals surface area (Å²) in [6.45, 7) is 2.28. The Balaban J connectivity index is 2.19. The Morgan fingerprint density at radius 3 is 2.89 bits per heavy atom. The Morgan fingerprint density at radius 2 is 2.28 bits per heavy atom. The van der Waals surface area contributed by atoms with Gasteiger partial charge in [-0.2, -0.15) is 0 Å². The zero-order valence-corrected chi connectivity index (χ0v) is 11.4. The van der Waals surface area contributed by atoms with Crippen LogP contribution in [0.25, 0.3) is 11.0 Å². The molecule has 1 aliphatic rings. The first-order valence-electron chi connectivity index (χ1n) is 6.36. The van der Waals surface area contributed by atoms with Crippen LogP contribution in [0.2, 0.25) is 0 Å². The molecule has 0 amide bonds. The second-order valence-corrected chi connectivity index (χ2v) is 5.32. The molecule has 1 aromatic heterocycles. The number of hydrogen-bond donors (Lipinski definition) is 0. The molecule has 2 atom stereocenters. The molecule has 0 N–H and O–H groups in total. The van der Waals surface area contributed by atoms with Crippen LogP contribution in [0.4, 0.5) is 0 Å². The molecule has 1 saturated carbocycles. The van der Waals surface area contributed by atoms with Crippen molar-refractivity contribution in [3.05, 3.63) is 24.0 Å². The van der Waals surface area contributed by atoms with Crippen molar-refractivity contribution in [2.45, 2.75) is 25.8 Å². The van der Waals surface area contributed by atoms with Crippen molar-refractivity contribution in [1.82, 2.24) is 9.55 Å². The SMILES string of the molecule is COc1cccc2c1nc(CCCl)n2C1CC1C. The van der Waals surface area contributed by atoms with Crippen LogP contribution in [0.3, 0.4) is 0 Å². The summed E-state index contributed by atoms with van der Waals surface area (Å²) in [5, 5.41) is 0. The van der Waals surface area contributed by atoms with E-state index in [9.17, 15) is 0 Å². The standard InChI is InChI=1S/C14H17ClN2O/c1-9-8-11(9)17-10-4-3-5-12(18-2)14(10)16-13(17)6-7-15/h3-5,9,11H,6-8H2,1-2H3. The van der Waals surface area contributed by atoms with E-state index < -0.39 is 0 Å². The van der Waals surface area contributed by atoms with E-state index in [0.29, 0.717) is 11.9 Å². The predicted molar refractivity (Wildman–Crippen MR) is 73.5 cm³/mol. The molecular formula is C14H17ClN2O. The van der Waals surface area contributed by atoms with E-state index >= 15 is 0 Å². The van der Waals surface area contributed by atoms with Gasteiger partial charge in [0.25, 0.3) is 0 Å². The average Bonchev–Trinajstić information content (AvgIpc) is 2.97. The molecule has 0 bridgehead atoms. The zero-order chi connectivity index (χ0) is 12.7. The van der Waals surface area contributed by atoms with Crippen LogP contribution in [0.15, 0.2) is 18.2 Å². The van der Waals surface area contributed by atoms with Crippen LogP contribution in [0.5, 0.6) is 5.75 Å². The lowest BCUT2D eigenvalue weighted by Gasteiger charge is -2.07. The highest BCUT2D eigenvalue weighted by atomic mass is 35.5. The maximum atomic E-state index is 5.89. The summed E-state index contributed by atoms with van der Waals surface area (Å²) < 4.78 is 7.74. The number of hydrogen-bond acceptors (Lipinski definition) is 2. The van der Waals surface area contributed by atoms with Gasteiger partial charge in [-0.3, -0.25) is 0 Å². The van der Waals surface area contributed by atoms with Crippen LogP contribution >= 0.6 is 11.6 Å². The van der Waals surface area contributed by atoms with Gasteiger partial charge >= 0.3 is 0 Å². The average molecular weight is 265 g/mol.